The molecule has 1 aliphatic rings. The van der Waals surface area contributed by atoms with Crippen molar-refractivity contribution in [3.63, 3.8) is 0 Å². The molecule has 1 aliphatic heterocycles. The van der Waals surface area contributed by atoms with Crippen molar-refractivity contribution in [2.75, 3.05) is 19.8 Å². The normalized spacial score (nSPS) is 17.7. The molecule has 0 unspecified atom stereocenters. The minimum atomic E-state index is -0.795. The van der Waals surface area contributed by atoms with Crippen LogP contribution >= 0.6 is 0 Å². The molecule has 4 nitrogen and oxygen atoms in total. The summed E-state index contributed by atoms with van der Waals surface area (Å²) in [5.41, 5.74) is 1.62. The number of amides is 1. The molecule has 20 heavy (non-hydrogen) atoms. The van der Waals surface area contributed by atoms with Crippen LogP contribution in [0.3, 0.4) is 0 Å². The van der Waals surface area contributed by atoms with Crippen molar-refractivity contribution in [1.82, 2.24) is 5.32 Å². The molecule has 0 aliphatic carbocycles. The van der Waals surface area contributed by atoms with Gasteiger partial charge < -0.3 is 15.2 Å². The van der Waals surface area contributed by atoms with Gasteiger partial charge in [-0.1, -0.05) is 24.3 Å². The van der Waals surface area contributed by atoms with Crippen LogP contribution in [0.2, 0.25) is 0 Å². The van der Waals surface area contributed by atoms with Gasteiger partial charge in [0.25, 0.3) is 0 Å². The van der Waals surface area contributed by atoms with Gasteiger partial charge in [-0.05, 0) is 24.5 Å². The van der Waals surface area contributed by atoms with Crippen molar-refractivity contribution < 1.29 is 14.6 Å². The topological polar surface area (TPSA) is 58.6 Å². The van der Waals surface area contributed by atoms with E-state index in [2.05, 4.69) is 24.4 Å². The molecule has 1 fully saturated rings. The highest BCUT2D eigenvalue weighted by Gasteiger charge is 2.29. The molecule has 0 bridgehead atoms. The van der Waals surface area contributed by atoms with Gasteiger partial charge in [0.2, 0.25) is 5.91 Å². The van der Waals surface area contributed by atoms with Gasteiger partial charge >= 0.3 is 0 Å². The first-order valence-electron chi connectivity index (χ1n) is 7.20. The van der Waals surface area contributed by atoms with E-state index in [-0.39, 0.29) is 5.91 Å². The maximum atomic E-state index is 11.9. The number of aryl methyl sites for hydroxylation is 2. The molecule has 1 amide bonds. The summed E-state index contributed by atoms with van der Waals surface area (Å²) >= 11 is 0. The van der Waals surface area contributed by atoms with Gasteiger partial charge in [0.05, 0.1) is 5.60 Å². The Labute approximate surface area is 120 Å². The third-order valence-corrected chi connectivity index (χ3v) is 3.92. The number of carbonyl (C=O) groups is 1. The lowest BCUT2D eigenvalue weighted by molar-refractivity contribution is -0.123. The number of carbonyl (C=O) groups excluding carboxylic acids is 1. The monoisotopic (exact) mass is 277 g/mol. The first-order valence-corrected chi connectivity index (χ1v) is 7.20. The number of hydrogen-bond donors (Lipinski definition) is 2. The molecule has 0 atom stereocenters. The smallest absolute Gasteiger partial charge is 0.220 e. The molecular weight excluding hydrogens is 254 g/mol. The van der Waals surface area contributed by atoms with Gasteiger partial charge in [-0.3, -0.25) is 4.79 Å². The van der Waals surface area contributed by atoms with Crippen LogP contribution in [0.25, 0.3) is 0 Å². The van der Waals surface area contributed by atoms with Crippen molar-refractivity contribution in [2.45, 2.75) is 38.2 Å². The summed E-state index contributed by atoms with van der Waals surface area (Å²) in [5.74, 6) is -0.00632. The highest BCUT2D eigenvalue weighted by molar-refractivity contribution is 5.76. The number of rotatable bonds is 5. The summed E-state index contributed by atoms with van der Waals surface area (Å²) < 4.78 is 5.22. The van der Waals surface area contributed by atoms with Crippen molar-refractivity contribution in [2.24, 2.45) is 0 Å². The lowest BCUT2D eigenvalue weighted by atomic mass is 9.94. The second-order valence-corrected chi connectivity index (χ2v) is 5.54. The van der Waals surface area contributed by atoms with Gasteiger partial charge in [0.15, 0.2) is 0 Å². The van der Waals surface area contributed by atoms with Crippen molar-refractivity contribution in [3.05, 3.63) is 35.4 Å². The third kappa shape index (κ3) is 4.32. The van der Waals surface area contributed by atoms with Gasteiger partial charge in [-0.2, -0.15) is 0 Å². The second-order valence-electron chi connectivity index (χ2n) is 5.54. The standard InChI is InChI=1S/C16H23NO3/c1-13-4-2-3-5-14(13)6-7-15(18)17-12-16(19)8-10-20-11-9-16/h2-5,19H,6-12H2,1H3,(H,17,18). The average Bonchev–Trinajstić information content (AvgIpc) is 2.45. The average molecular weight is 277 g/mol. The quantitative estimate of drug-likeness (QED) is 0.859. The number of nitrogens with one attached hydrogen (secondary N) is 1. The number of hydrogen-bond acceptors (Lipinski definition) is 3. The van der Waals surface area contributed by atoms with E-state index in [1.807, 2.05) is 12.1 Å². The predicted octanol–water partition coefficient (Wildman–Crippen LogP) is 1.59. The van der Waals surface area contributed by atoms with Crippen LogP contribution in [0.15, 0.2) is 24.3 Å². The molecule has 1 saturated heterocycles. The molecule has 110 valence electrons. The van der Waals surface area contributed by atoms with Crippen LogP contribution in [-0.2, 0) is 16.0 Å². The van der Waals surface area contributed by atoms with Gasteiger partial charge in [0.1, 0.15) is 0 Å². The van der Waals surface area contributed by atoms with Crippen LogP contribution in [0.4, 0.5) is 0 Å². The highest BCUT2D eigenvalue weighted by atomic mass is 16.5. The van der Waals surface area contributed by atoms with Gasteiger partial charge in [-0.15, -0.1) is 0 Å². The van der Waals surface area contributed by atoms with E-state index in [1.54, 1.807) is 0 Å². The SMILES string of the molecule is Cc1ccccc1CCC(=O)NCC1(O)CCOCC1. The number of benzene rings is 1. The van der Waals surface area contributed by atoms with E-state index >= 15 is 0 Å². The van der Waals surface area contributed by atoms with Crippen molar-refractivity contribution in [1.29, 1.82) is 0 Å². The van der Waals surface area contributed by atoms with E-state index in [1.165, 1.54) is 11.1 Å². The molecule has 0 saturated carbocycles. The molecule has 2 rings (SSSR count). The molecule has 2 N–H and O–H groups in total. The predicted molar refractivity (Wildman–Crippen MR) is 77.5 cm³/mol. The Morgan fingerprint density at radius 1 is 1.35 bits per heavy atom. The molecule has 4 heteroatoms. The summed E-state index contributed by atoms with van der Waals surface area (Å²) in [6.07, 6.45) is 2.37. The van der Waals surface area contributed by atoms with Crippen LogP contribution in [0.1, 0.15) is 30.4 Å². The van der Waals surface area contributed by atoms with Gasteiger partial charge in [0, 0.05) is 39.0 Å². The summed E-state index contributed by atoms with van der Waals surface area (Å²) in [5, 5.41) is 13.1. The van der Waals surface area contributed by atoms with Crippen molar-refractivity contribution >= 4 is 5.91 Å². The Kier molecular flexibility index (Phi) is 5.15. The first kappa shape index (κ1) is 15.0. The Balaban J connectivity index is 1.74. The Bertz CT molecular complexity index is 453. The zero-order valence-electron chi connectivity index (χ0n) is 12.0. The fourth-order valence-electron chi connectivity index (χ4n) is 2.42. The largest absolute Gasteiger partial charge is 0.388 e. The molecule has 1 aromatic rings. The highest BCUT2D eigenvalue weighted by Crippen LogP contribution is 2.19. The van der Waals surface area contributed by atoms with Crippen LogP contribution in [0, 0.1) is 6.92 Å². The lowest BCUT2D eigenvalue weighted by Crippen LogP contribution is -2.46. The summed E-state index contributed by atoms with van der Waals surface area (Å²) in [6, 6.07) is 8.09. The number of aliphatic hydroxyl groups is 1. The lowest BCUT2D eigenvalue weighted by Gasteiger charge is -2.32. The zero-order valence-corrected chi connectivity index (χ0v) is 12.0. The maximum Gasteiger partial charge on any atom is 0.220 e. The summed E-state index contributed by atoms with van der Waals surface area (Å²) in [7, 11) is 0. The Hall–Kier alpha value is -1.39. The van der Waals surface area contributed by atoms with E-state index in [0.717, 1.165) is 6.42 Å². The Morgan fingerprint density at radius 3 is 2.75 bits per heavy atom. The van der Waals surface area contributed by atoms with E-state index < -0.39 is 5.60 Å². The first-order chi connectivity index (χ1) is 9.59. The third-order valence-electron chi connectivity index (χ3n) is 3.92. The van der Waals surface area contributed by atoms with Crippen LogP contribution in [0.5, 0.6) is 0 Å². The molecule has 0 radical (unpaired) electrons. The maximum absolute atomic E-state index is 11.9. The van der Waals surface area contributed by atoms with Crippen LogP contribution < -0.4 is 5.32 Å². The zero-order chi connectivity index (χ0) is 14.4. The van der Waals surface area contributed by atoms with E-state index in [0.29, 0.717) is 39.0 Å². The van der Waals surface area contributed by atoms with E-state index in [9.17, 15) is 9.90 Å². The van der Waals surface area contributed by atoms with Crippen LogP contribution in [-0.4, -0.2) is 36.4 Å². The molecule has 0 spiro atoms. The number of ether oxygens (including phenoxy) is 1. The molecular formula is C16H23NO3. The minimum absolute atomic E-state index is 0.00632. The fourth-order valence-corrected chi connectivity index (χ4v) is 2.42. The second kappa shape index (κ2) is 6.86. The van der Waals surface area contributed by atoms with Gasteiger partial charge in [-0.25, -0.2) is 0 Å². The summed E-state index contributed by atoms with van der Waals surface area (Å²) in [6.45, 7) is 3.51. The minimum Gasteiger partial charge on any atom is -0.388 e. The Morgan fingerprint density at radius 2 is 2.05 bits per heavy atom. The molecule has 0 aromatic heterocycles. The van der Waals surface area contributed by atoms with E-state index in [4.69, 9.17) is 4.74 Å². The molecule has 1 heterocycles. The fraction of sp³-hybridized carbons (Fsp3) is 0.562. The molecule has 1 aromatic carbocycles. The summed E-state index contributed by atoms with van der Waals surface area (Å²) in [4.78, 5) is 11.9. The van der Waals surface area contributed by atoms with Crippen molar-refractivity contribution in [3.8, 4) is 0 Å².